The Morgan fingerprint density at radius 2 is 1.92 bits per heavy atom. The summed E-state index contributed by atoms with van der Waals surface area (Å²) < 4.78 is 0. The molecule has 1 saturated heterocycles. The van der Waals surface area contributed by atoms with Crippen LogP contribution in [0.2, 0.25) is 0 Å². The van der Waals surface area contributed by atoms with Crippen molar-refractivity contribution in [2.75, 3.05) is 39.8 Å². The number of nitrogens with one attached hydrogen (secondary N) is 2. The van der Waals surface area contributed by atoms with Crippen LogP contribution >= 0.6 is 35.7 Å². The molecule has 0 aliphatic carbocycles. The molecule has 4 nitrogen and oxygen atoms in total. The molecule has 1 aliphatic rings. The van der Waals surface area contributed by atoms with E-state index in [0.717, 1.165) is 19.0 Å². The first-order valence-corrected chi connectivity index (χ1v) is 9.54. The zero-order valence-corrected chi connectivity index (χ0v) is 18.0. The highest BCUT2D eigenvalue weighted by molar-refractivity contribution is 14.0. The van der Waals surface area contributed by atoms with Crippen molar-refractivity contribution in [2.24, 2.45) is 4.99 Å². The maximum atomic E-state index is 4.31. The molecule has 1 fully saturated rings. The van der Waals surface area contributed by atoms with E-state index in [1.165, 1.54) is 43.8 Å². The van der Waals surface area contributed by atoms with Crippen LogP contribution in [0.1, 0.15) is 26.2 Å². The molecule has 1 unspecified atom stereocenters. The smallest absolute Gasteiger partial charge is 0.191 e. The van der Waals surface area contributed by atoms with E-state index in [1.807, 2.05) is 18.8 Å². The fourth-order valence-electron chi connectivity index (χ4n) is 2.75. The van der Waals surface area contributed by atoms with Crippen LogP contribution in [-0.2, 0) is 0 Å². The third kappa shape index (κ3) is 8.58. The van der Waals surface area contributed by atoms with Gasteiger partial charge in [-0.25, -0.2) is 0 Å². The first-order chi connectivity index (χ1) is 11.3. The molecule has 0 radical (unpaired) electrons. The molecule has 24 heavy (non-hydrogen) atoms. The van der Waals surface area contributed by atoms with Crippen LogP contribution in [0.3, 0.4) is 0 Å². The van der Waals surface area contributed by atoms with Crippen LogP contribution in [-0.4, -0.2) is 55.9 Å². The van der Waals surface area contributed by atoms with Crippen molar-refractivity contribution in [3.8, 4) is 0 Å². The summed E-state index contributed by atoms with van der Waals surface area (Å²) in [6, 6.07) is 10.5. The molecule has 0 bridgehead atoms. The van der Waals surface area contributed by atoms with Gasteiger partial charge in [0, 0.05) is 30.3 Å². The Morgan fingerprint density at radius 3 is 2.58 bits per heavy atom. The molecule has 1 aromatic carbocycles. The topological polar surface area (TPSA) is 39.7 Å². The van der Waals surface area contributed by atoms with Crippen molar-refractivity contribution in [3.63, 3.8) is 0 Å². The molecule has 136 valence electrons. The minimum atomic E-state index is 0. The second-order valence-electron chi connectivity index (χ2n) is 6.02. The summed E-state index contributed by atoms with van der Waals surface area (Å²) >= 11 is 1.89. The van der Waals surface area contributed by atoms with Crippen molar-refractivity contribution in [1.82, 2.24) is 15.5 Å². The molecular formula is C18H31IN4S. The Hall–Kier alpha value is -0.470. The van der Waals surface area contributed by atoms with Crippen LogP contribution in [0.4, 0.5) is 0 Å². The summed E-state index contributed by atoms with van der Waals surface area (Å²) in [5, 5.41) is 7.34. The quantitative estimate of drug-likeness (QED) is 0.204. The molecule has 6 heteroatoms. The van der Waals surface area contributed by atoms with Gasteiger partial charge in [-0.05, 0) is 51.0 Å². The second kappa shape index (κ2) is 12.8. The third-order valence-electron chi connectivity index (χ3n) is 4.00. The SMILES string of the molecule is CN=C(NCCCN1CCCC1)NCC(C)Sc1ccccc1.I. The van der Waals surface area contributed by atoms with Gasteiger partial charge in [0.15, 0.2) is 5.96 Å². The van der Waals surface area contributed by atoms with Gasteiger partial charge in [-0.15, -0.1) is 35.7 Å². The van der Waals surface area contributed by atoms with E-state index in [9.17, 15) is 0 Å². The van der Waals surface area contributed by atoms with E-state index in [1.54, 1.807) is 0 Å². The first-order valence-electron chi connectivity index (χ1n) is 8.66. The third-order valence-corrected chi connectivity index (χ3v) is 5.12. The number of likely N-dealkylation sites (tertiary alicyclic amines) is 1. The van der Waals surface area contributed by atoms with Crippen molar-refractivity contribution < 1.29 is 0 Å². The van der Waals surface area contributed by atoms with Crippen molar-refractivity contribution in [2.45, 2.75) is 36.3 Å². The molecule has 2 N–H and O–H groups in total. The molecule has 0 amide bonds. The molecule has 0 aromatic heterocycles. The van der Waals surface area contributed by atoms with E-state index in [4.69, 9.17) is 0 Å². The number of guanidine groups is 1. The number of nitrogens with zero attached hydrogens (tertiary/aromatic N) is 2. The number of benzene rings is 1. The van der Waals surface area contributed by atoms with Crippen molar-refractivity contribution >= 4 is 41.7 Å². The summed E-state index contributed by atoms with van der Waals surface area (Å²) in [5.41, 5.74) is 0. The Labute approximate surface area is 168 Å². The fraction of sp³-hybridized carbons (Fsp3) is 0.611. The maximum Gasteiger partial charge on any atom is 0.191 e. The Balaban J connectivity index is 0.00000288. The van der Waals surface area contributed by atoms with Gasteiger partial charge in [-0.1, -0.05) is 25.1 Å². The van der Waals surface area contributed by atoms with Crippen LogP contribution in [0.5, 0.6) is 0 Å². The summed E-state index contributed by atoms with van der Waals surface area (Å²) in [7, 11) is 1.84. The highest BCUT2D eigenvalue weighted by atomic mass is 127. The number of halogens is 1. The maximum absolute atomic E-state index is 4.31. The predicted octanol–water partition coefficient (Wildman–Crippen LogP) is 3.44. The number of thioether (sulfide) groups is 1. The average molecular weight is 462 g/mol. The van der Waals surface area contributed by atoms with Crippen molar-refractivity contribution in [3.05, 3.63) is 30.3 Å². The molecule has 1 atom stereocenters. The van der Waals surface area contributed by atoms with E-state index in [0.29, 0.717) is 5.25 Å². The monoisotopic (exact) mass is 462 g/mol. The fourth-order valence-corrected chi connectivity index (χ4v) is 3.70. The highest BCUT2D eigenvalue weighted by Gasteiger charge is 2.10. The molecule has 2 rings (SSSR count). The van der Waals surface area contributed by atoms with Gasteiger partial charge in [0.1, 0.15) is 0 Å². The summed E-state index contributed by atoms with van der Waals surface area (Å²) in [6.07, 6.45) is 3.91. The van der Waals surface area contributed by atoms with Gasteiger partial charge in [0.05, 0.1) is 0 Å². The molecule has 1 aliphatic heterocycles. The lowest BCUT2D eigenvalue weighted by molar-refractivity contribution is 0.334. The van der Waals surface area contributed by atoms with Gasteiger partial charge >= 0.3 is 0 Å². The van der Waals surface area contributed by atoms with Crippen LogP contribution in [0.15, 0.2) is 40.2 Å². The van der Waals surface area contributed by atoms with Gasteiger partial charge in [0.25, 0.3) is 0 Å². The minimum absolute atomic E-state index is 0. The van der Waals surface area contributed by atoms with E-state index < -0.39 is 0 Å². The molecule has 0 saturated carbocycles. The summed E-state index contributed by atoms with van der Waals surface area (Å²) in [4.78, 5) is 8.18. The van der Waals surface area contributed by atoms with Gasteiger partial charge in [-0.2, -0.15) is 0 Å². The van der Waals surface area contributed by atoms with Crippen LogP contribution in [0.25, 0.3) is 0 Å². The number of rotatable bonds is 8. The molecular weight excluding hydrogens is 431 g/mol. The normalized spacial score (nSPS) is 16.5. The predicted molar refractivity (Wildman–Crippen MR) is 117 cm³/mol. The van der Waals surface area contributed by atoms with Gasteiger partial charge in [-0.3, -0.25) is 4.99 Å². The van der Waals surface area contributed by atoms with Gasteiger partial charge < -0.3 is 15.5 Å². The number of hydrogen-bond acceptors (Lipinski definition) is 3. The van der Waals surface area contributed by atoms with E-state index in [2.05, 4.69) is 57.8 Å². The number of hydrogen-bond donors (Lipinski definition) is 2. The number of aliphatic imine (C=N–C) groups is 1. The molecule has 0 spiro atoms. The second-order valence-corrected chi connectivity index (χ2v) is 7.54. The van der Waals surface area contributed by atoms with Gasteiger partial charge in [0.2, 0.25) is 0 Å². The van der Waals surface area contributed by atoms with Crippen molar-refractivity contribution in [1.29, 1.82) is 0 Å². The first kappa shape index (κ1) is 21.6. The van der Waals surface area contributed by atoms with Crippen LogP contribution in [0, 0.1) is 0 Å². The zero-order chi connectivity index (χ0) is 16.3. The zero-order valence-electron chi connectivity index (χ0n) is 14.8. The average Bonchev–Trinajstić information content (AvgIpc) is 3.08. The van der Waals surface area contributed by atoms with E-state index >= 15 is 0 Å². The standard InChI is InChI=1S/C18H30N4S.HI/c1-16(23-17-9-4-3-5-10-17)15-21-18(19-2)20-11-8-14-22-12-6-7-13-22;/h3-5,9-10,16H,6-8,11-15H2,1-2H3,(H2,19,20,21);1H. The highest BCUT2D eigenvalue weighted by Crippen LogP contribution is 2.21. The molecule has 1 aromatic rings. The van der Waals surface area contributed by atoms with E-state index in [-0.39, 0.29) is 24.0 Å². The summed E-state index contributed by atoms with van der Waals surface area (Å²) in [6.45, 7) is 7.89. The largest absolute Gasteiger partial charge is 0.356 e. The Kier molecular flexibility index (Phi) is 11.5. The summed E-state index contributed by atoms with van der Waals surface area (Å²) in [5.74, 6) is 0.909. The Morgan fingerprint density at radius 1 is 1.21 bits per heavy atom. The molecule has 1 heterocycles. The van der Waals surface area contributed by atoms with Crippen LogP contribution < -0.4 is 10.6 Å². The minimum Gasteiger partial charge on any atom is -0.356 e. The Bertz CT molecular complexity index is 463. The lowest BCUT2D eigenvalue weighted by atomic mass is 10.4. The lowest BCUT2D eigenvalue weighted by Crippen LogP contribution is -2.41. The lowest BCUT2D eigenvalue weighted by Gasteiger charge is -2.17.